The van der Waals surface area contributed by atoms with Gasteiger partial charge in [0, 0.05) is 31.4 Å². The Kier molecular flexibility index (Phi) is 6.03. The maximum absolute atomic E-state index is 5.55. The van der Waals surface area contributed by atoms with Crippen molar-refractivity contribution in [2.24, 2.45) is 5.10 Å². The van der Waals surface area contributed by atoms with Gasteiger partial charge in [-0.15, -0.1) is 0 Å². The third-order valence-corrected chi connectivity index (χ3v) is 3.96. The molecule has 0 aromatic rings. The molecule has 2 rings (SSSR count). The van der Waals surface area contributed by atoms with Crippen molar-refractivity contribution in [1.29, 1.82) is 0 Å². The first kappa shape index (κ1) is 15.4. The van der Waals surface area contributed by atoms with Crippen LogP contribution in [0.2, 0.25) is 0 Å². The lowest BCUT2D eigenvalue weighted by Gasteiger charge is -2.34. The minimum atomic E-state index is 0.603. The molecule has 0 bridgehead atoms. The van der Waals surface area contributed by atoms with E-state index >= 15 is 0 Å². The lowest BCUT2D eigenvalue weighted by Crippen LogP contribution is -2.45. The highest BCUT2D eigenvalue weighted by Crippen LogP contribution is 2.34. The lowest BCUT2D eigenvalue weighted by molar-refractivity contribution is -0.903. The second-order valence-corrected chi connectivity index (χ2v) is 4.95. The normalized spacial score (nSPS) is 31.9. The summed E-state index contributed by atoms with van der Waals surface area (Å²) in [5, 5.41) is 4.75. The summed E-state index contributed by atoms with van der Waals surface area (Å²) in [4.78, 5) is 0. The number of allylic oxidation sites excluding steroid dienone is 2. The number of hydrogen-bond donors (Lipinski definition) is 0. The minimum Gasteiger partial charge on any atom is -0.381 e. The molecule has 0 aromatic carbocycles. The van der Waals surface area contributed by atoms with Gasteiger partial charge in [0.2, 0.25) is 0 Å². The van der Waals surface area contributed by atoms with E-state index in [-0.39, 0.29) is 0 Å². The molecule has 0 radical (unpaired) electrons. The average Bonchev–Trinajstić information content (AvgIpc) is 2.62. The highest BCUT2D eigenvalue weighted by molar-refractivity contribution is 5.79. The second kappa shape index (κ2) is 7.05. The minimum absolute atomic E-state index is 0.603. The van der Waals surface area contributed by atoms with E-state index in [2.05, 4.69) is 20.9 Å². The largest absolute Gasteiger partial charge is 0.381 e. The van der Waals surface area contributed by atoms with Gasteiger partial charge >= 0.3 is 0 Å². The molecule has 104 valence electrons. The summed E-state index contributed by atoms with van der Waals surface area (Å²) in [7, 11) is 2.25. The van der Waals surface area contributed by atoms with E-state index in [9.17, 15) is 0 Å². The van der Waals surface area contributed by atoms with Crippen LogP contribution in [0.1, 0.15) is 53.4 Å². The van der Waals surface area contributed by atoms with Gasteiger partial charge in [0.05, 0.1) is 19.9 Å². The standard InChI is InChI=1S/C13H23N2O.C2H6/c1-4-13-11(2)10-14-15(13,3)12-6-5-8-16-9-7-12;1-2/h10,12H,4-9H2,1-3H3;1-2H3/q+1;. The van der Waals surface area contributed by atoms with Crippen LogP contribution in [0.15, 0.2) is 16.4 Å². The van der Waals surface area contributed by atoms with Gasteiger partial charge in [-0.2, -0.15) is 4.59 Å². The fraction of sp³-hybridized carbons (Fsp3) is 0.800. The van der Waals surface area contributed by atoms with Gasteiger partial charge in [0.25, 0.3) is 0 Å². The van der Waals surface area contributed by atoms with Crippen molar-refractivity contribution in [2.75, 3.05) is 20.3 Å². The Morgan fingerprint density at radius 2 is 2.06 bits per heavy atom. The second-order valence-electron chi connectivity index (χ2n) is 4.95. The first-order chi connectivity index (χ1) is 8.68. The monoisotopic (exact) mass is 253 g/mol. The maximum atomic E-state index is 5.55. The molecular formula is C15H29N2O+. The third kappa shape index (κ3) is 3.01. The van der Waals surface area contributed by atoms with E-state index in [1.165, 1.54) is 24.1 Å². The van der Waals surface area contributed by atoms with Crippen LogP contribution in [0.3, 0.4) is 0 Å². The van der Waals surface area contributed by atoms with Gasteiger partial charge in [0.1, 0.15) is 11.7 Å². The number of hydrogen-bond acceptors (Lipinski definition) is 2. The van der Waals surface area contributed by atoms with E-state index in [0.29, 0.717) is 6.04 Å². The number of ether oxygens (including phenoxy) is 1. The SMILES string of the molecule is CC.CCC1=C(C)C=N[N+]1(C)C1CCCOCC1. The van der Waals surface area contributed by atoms with Crippen molar-refractivity contribution in [1.82, 2.24) is 0 Å². The Labute approximate surface area is 112 Å². The summed E-state index contributed by atoms with van der Waals surface area (Å²) in [6.45, 7) is 10.2. The smallest absolute Gasteiger partial charge is 0.140 e. The van der Waals surface area contributed by atoms with Crippen molar-refractivity contribution in [3.8, 4) is 0 Å². The van der Waals surface area contributed by atoms with Crippen LogP contribution in [0.4, 0.5) is 0 Å². The van der Waals surface area contributed by atoms with Crippen LogP contribution in [0.25, 0.3) is 0 Å². The summed E-state index contributed by atoms with van der Waals surface area (Å²) >= 11 is 0. The molecule has 3 heteroatoms. The van der Waals surface area contributed by atoms with E-state index < -0.39 is 0 Å². The molecule has 2 atom stereocenters. The molecule has 2 aliphatic heterocycles. The van der Waals surface area contributed by atoms with Crippen molar-refractivity contribution in [3.05, 3.63) is 11.3 Å². The molecule has 1 fully saturated rings. The third-order valence-electron chi connectivity index (χ3n) is 3.96. The molecule has 0 amide bonds. The van der Waals surface area contributed by atoms with Crippen LogP contribution < -0.4 is 0 Å². The van der Waals surface area contributed by atoms with Crippen LogP contribution >= 0.6 is 0 Å². The van der Waals surface area contributed by atoms with Gasteiger partial charge in [-0.1, -0.05) is 25.9 Å². The van der Waals surface area contributed by atoms with E-state index in [1.54, 1.807) is 0 Å². The quantitative estimate of drug-likeness (QED) is 0.687. The molecule has 0 saturated carbocycles. The predicted molar refractivity (Wildman–Crippen MR) is 77.5 cm³/mol. The number of rotatable bonds is 2. The first-order valence-electron chi connectivity index (χ1n) is 7.38. The predicted octanol–water partition coefficient (Wildman–Crippen LogP) is 3.71. The fourth-order valence-corrected chi connectivity index (χ4v) is 3.01. The summed E-state index contributed by atoms with van der Waals surface area (Å²) in [5.74, 6) is 0. The zero-order valence-electron chi connectivity index (χ0n) is 12.7. The van der Waals surface area contributed by atoms with Gasteiger partial charge in [-0.25, -0.2) is 0 Å². The highest BCUT2D eigenvalue weighted by Gasteiger charge is 2.40. The van der Waals surface area contributed by atoms with Gasteiger partial charge in [-0.3, -0.25) is 0 Å². The molecule has 2 aliphatic rings. The molecule has 0 aromatic heterocycles. The molecule has 0 N–H and O–H groups in total. The topological polar surface area (TPSA) is 21.6 Å². The van der Waals surface area contributed by atoms with Crippen LogP contribution in [-0.2, 0) is 4.74 Å². The molecule has 3 nitrogen and oxygen atoms in total. The zero-order chi connectivity index (χ0) is 13.6. The molecule has 0 aliphatic carbocycles. The first-order valence-corrected chi connectivity index (χ1v) is 7.38. The molecule has 1 saturated heterocycles. The Morgan fingerprint density at radius 3 is 2.72 bits per heavy atom. The van der Waals surface area contributed by atoms with Gasteiger partial charge in [0.15, 0.2) is 0 Å². The van der Waals surface area contributed by atoms with Gasteiger partial charge in [-0.05, 0) is 13.3 Å². The number of quaternary nitrogens is 1. The van der Waals surface area contributed by atoms with Crippen molar-refractivity contribution in [3.63, 3.8) is 0 Å². The van der Waals surface area contributed by atoms with Gasteiger partial charge < -0.3 is 4.74 Å². The lowest BCUT2D eigenvalue weighted by atomic mass is 10.0. The molecule has 2 heterocycles. The molecule has 18 heavy (non-hydrogen) atoms. The van der Waals surface area contributed by atoms with Crippen LogP contribution in [-0.4, -0.2) is 37.1 Å². The van der Waals surface area contributed by atoms with E-state index in [1.807, 2.05) is 20.1 Å². The van der Waals surface area contributed by atoms with Crippen LogP contribution in [0, 0.1) is 0 Å². The Balaban J connectivity index is 0.000000771. The van der Waals surface area contributed by atoms with Crippen molar-refractivity contribution in [2.45, 2.75) is 59.4 Å². The Hall–Kier alpha value is -0.670. The van der Waals surface area contributed by atoms with Crippen LogP contribution in [0.5, 0.6) is 0 Å². The summed E-state index contributed by atoms with van der Waals surface area (Å²) in [6.07, 6.45) is 6.67. The summed E-state index contributed by atoms with van der Waals surface area (Å²) in [5.41, 5.74) is 2.84. The number of nitrogens with zero attached hydrogens (tertiary/aromatic N) is 2. The van der Waals surface area contributed by atoms with E-state index in [0.717, 1.165) is 30.6 Å². The fourth-order valence-electron chi connectivity index (χ4n) is 3.01. The molecule has 2 unspecified atom stereocenters. The highest BCUT2D eigenvalue weighted by atomic mass is 16.5. The summed E-state index contributed by atoms with van der Waals surface area (Å²) < 4.78 is 6.33. The van der Waals surface area contributed by atoms with E-state index in [4.69, 9.17) is 9.84 Å². The maximum Gasteiger partial charge on any atom is 0.140 e. The molecule has 0 spiro atoms. The molecular weight excluding hydrogens is 224 g/mol. The van der Waals surface area contributed by atoms with Crippen molar-refractivity contribution < 1.29 is 9.33 Å². The van der Waals surface area contributed by atoms with Crippen molar-refractivity contribution >= 4 is 6.21 Å². The Bertz CT molecular complexity index is 314. The summed E-state index contributed by atoms with van der Waals surface area (Å²) in [6, 6.07) is 0.603. The zero-order valence-corrected chi connectivity index (χ0v) is 12.7. The average molecular weight is 253 g/mol. The Morgan fingerprint density at radius 1 is 1.33 bits per heavy atom.